The van der Waals surface area contributed by atoms with Crippen LogP contribution in [0.3, 0.4) is 0 Å². The molecule has 1 aromatic rings. The van der Waals surface area contributed by atoms with Crippen molar-refractivity contribution in [2.45, 2.75) is 26.7 Å². The molecule has 1 rings (SSSR count). The molecule has 0 heterocycles. The number of benzene rings is 1. The maximum Gasteiger partial charge on any atom is 0.323 e. The minimum atomic E-state index is -1.66. The predicted molar refractivity (Wildman–Crippen MR) is 74.8 cm³/mol. The molecule has 0 saturated heterocycles. The molecule has 1 aromatic carbocycles. The smallest absolute Gasteiger partial charge is 0.323 e. The summed E-state index contributed by atoms with van der Waals surface area (Å²) in [4.78, 5) is 23.6. The van der Waals surface area contributed by atoms with Gasteiger partial charge in [0, 0.05) is 10.9 Å². The topological polar surface area (TPSA) is 63.6 Å². The summed E-state index contributed by atoms with van der Waals surface area (Å²) in [6, 6.07) is 3.93. The van der Waals surface area contributed by atoms with E-state index in [9.17, 15) is 19.1 Å². The van der Waals surface area contributed by atoms with Crippen LogP contribution < -0.4 is 0 Å². The largest absolute Gasteiger partial charge is 0.480 e. The molecule has 6 heteroatoms. The predicted octanol–water partition coefficient (Wildman–Crippen LogP) is 3.17. The van der Waals surface area contributed by atoms with Gasteiger partial charge in [0.05, 0.1) is 6.61 Å². The molecule has 0 aromatic heterocycles. The van der Waals surface area contributed by atoms with Crippen molar-refractivity contribution in [1.82, 2.24) is 0 Å². The number of hydrogen-bond acceptors (Lipinski definition) is 3. The quantitative estimate of drug-likeness (QED) is 0.634. The van der Waals surface area contributed by atoms with E-state index in [0.29, 0.717) is 10.0 Å². The zero-order valence-corrected chi connectivity index (χ0v) is 12.9. The molecule has 0 radical (unpaired) electrons. The first-order valence-electron chi connectivity index (χ1n) is 6.22. The zero-order chi connectivity index (χ0) is 15.3. The molecular formula is C14H16BrFO4. The third-order valence-electron chi connectivity index (χ3n) is 3.19. The Balaban J connectivity index is 3.18. The Kier molecular flexibility index (Phi) is 5.68. The summed E-state index contributed by atoms with van der Waals surface area (Å²) >= 11 is 3.18. The number of rotatable bonds is 6. The van der Waals surface area contributed by atoms with Gasteiger partial charge in [0.15, 0.2) is 5.41 Å². The van der Waals surface area contributed by atoms with Crippen molar-refractivity contribution in [3.63, 3.8) is 0 Å². The van der Waals surface area contributed by atoms with Gasteiger partial charge in [-0.15, -0.1) is 0 Å². The Hall–Kier alpha value is -1.43. The van der Waals surface area contributed by atoms with Crippen LogP contribution in [0.25, 0.3) is 0 Å². The third-order valence-corrected chi connectivity index (χ3v) is 3.92. The van der Waals surface area contributed by atoms with Crippen molar-refractivity contribution >= 4 is 27.9 Å². The molecule has 0 amide bonds. The highest BCUT2D eigenvalue weighted by Gasteiger charge is 2.46. The molecule has 4 nitrogen and oxygen atoms in total. The maximum atomic E-state index is 13.1. The lowest BCUT2D eigenvalue weighted by atomic mass is 9.79. The summed E-state index contributed by atoms with van der Waals surface area (Å²) in [5, 5.41) is 9.44. The van der Waals surface area contributed by atoms with E-state index in [-0.39, 0.29) is 19.4 Å². The van der Waals surface area contributed by atoms with Crippen molar-refractivity contribution in [2.24, 2.45) is 5.41 Å². The average Bonchev–Trinajstić information content (AvgIpc) is 2.38. The van der Waals surface area contributed by atoms with Gasteiger partial charge >= 0.3 is 11.9 Å². The molecule has 0 aliphatic rings. The monoisotopic (exact) mass is 346 g/mol. The molecule has 110 valence electrons. The van der Waals surface area contributed by atoms with Gasteiger partial charge in [-0.05, 0) is 31.0 Å². The lowest BCUT2D eigenvalue weighted by Gasteiger charge is -2.26. The molecule has 1 N–H and O–H groups in total. The minimum absolute atomic E-state index is 0.0570. The van der Waals surface area contributed by atoms with Gasteiger partial charge in [-0.25, -0.2) is 4.39 Å². The summed E-state index contributed by atoms with van der Waals surface area (Å²) in [7, 11) is 0. The molecule has 0 spiro atoms. The van der Waals surface area contributed by atoms with E-state index in [2.05, 4.69) is 15.9 Å². The van der Waals surface area contributed by atoms with Gasteiger partial charge in [0.1, 0.15) is 5.82 Å². The van der Waals surface area contributed by atoms with E-state index in [0.717, 1.165) is 0 Å². The number of halogens is 2. The van der Waals surface area contributed by atoms with Crippen LogP contribution in [-0.2, 0) is 20.7 Å². The Morgan fingerprint density at radius 2 is 2.05 bits per heavy atom. The van der Waals surface area contributed by atoms with Crippen molar-refractivity contribution < 1.29 is 23.8 Å². The van der Waals surface area contributed by atoms with Crippen molar-refractivity contribution in [3.05, 3.63) is 34.1 Å². The van der Waals surface area contributed by atoms with Crippen LogP contribution in [0.1, 0.15) is 25.8 Å². The van der Waals surface area contributed by atoms with E-state index < -0.39 is 23.2 Å². The number of ether oxygens (including phenoxy) is 1. The normalized spacial score (nSPS) is 13.6. The van der Waals surface area contributed by atoms with Crippen LogP contribution in [0.4, 0.5) is 4.39 Å². The van der Waals surface area contributed by atoms with Gasteiger partial charge < -0.3 is 9.84 Å². The van der Waals surface area contributed by atoms with E-state index in [1.54, 1.807) is 13.8 Å². The van der Waals surface area contributed by atoms with E-state index in [1.807, 2.05) is 0 Å². The molecule has 1 unspecified atom stereocenters. The number of carbonyl (C=O) groups excluding carboxylic acids is 1. The Bertz CT molecular complexity index is 518. The number of carboxylic acids is 1. The molecule has 0 saturated carbocycles. The molecular weight excluding hydrogens is 331 g/mol. The lowest BCUT2D eigenvalue weighted by molar-refractivity contribution is -0.168. The second kappa shape index (κ2) is 6.83. The second-order valence-corrected chi connectivity index (χ2v) is 5.23. The standard InChI is InChI=1S/C14H16BrFO4/c1-3-14(12(17)18,13(19)20-4-2)8-9-5-6-10(16)7-11(9)15/h5-7H,3-4,8H2,1-2H3,(H,17,18). The number of aliphatic carboxylic acids is 1. The Morgan fingerprint density at radius 1 is 1.40 bits per heavy atom. The molecule has 0 aliphatic carbocycles. The number of carbonyl (C=O) groups is 2. The minimum Gasteiger partial charge on any atom is -0.480 e. The Labute approximate surface area is 125 Å². The number of esters is 1. The SMILES string of the molecule is CCOC(=O)C(CC)(Cc1ccc(F)cc1Br)C(=O)O. The Morgan fingerprint density at radius 3 is 2.50 bits per heavy atom. The summed E-state index contributed by atoms with van der Waals surface area (Å²) in [5.41, 5.74) is -1.11. The molecule has 1 atom stereocenters. The van der Waals surface area contributed by atoms with Crippen LogP contribution in [0, 0.1) is 11.2 Å². The highest BCUT2D eigenvalue weighted by molar-refractivity contribution is 9.10. The fraction of sp³-hybridized carbons (Fsp3) is 0.429. The van der Waals surface area contributed by atoms with Crippen LogP contribution >= 0.6 is 15.9 Å². The van der Waals surface area contributed by atoms with Gasteiger partial charge in [-0.2, -0.15) is 0 Å². The van der Waals surface area contributed by atoms with Crippen molar-refractivity contribution in [2.75, 3.05) is 6.61 Å². The highest BCUT2D eigenvalue weighted by atomic mass is 79.9. The third kappa shape index (κ3) is 3.36. The second-order valence-electron chi connectivity index (χ2n) is 4.37. The lowest BCUT2D eigenvalue weighted by Crippen LogP contribution is -2.42. The van der Waals surface area contributed by atoms with Crippen LogP contribution in [0.5, 0.6) is 0 Å². The summed E-state index contributed by atoms with van der Waals surface area (Å²) in [6.45, 7) is 3.34. The maximum absolute atomic E-state index is 13.1. The van der Waals surface area contributed by atoms with E-state index in [1.165, 1.54) is 18.2 Å². The van der Waals surface area contributed by atoms with E-state index >= 15 is 0 Å². The first kappa shape index (κ1) is 16.6. The molecule has 0 aliphatic heterocycles. The van der Waals surface area contributed by atoms with Gasteiger partial charge in [0.2, 0.25) is 0 Å². The van der Waals surface area contributed by atoms with Gasteiger partial charge in [-0.1, -0.05) is 28.9 Å². The summed E-state index contributed by atoms with van der Waals surface area (Å²) in [6.07, 6.45) is 0.0313. The van der Waals surface area contributed by atoms with Crippen LogP contribution in [-0.4, -0.2) is 23.7 Å². The first-order chi connectivity index (χ1) is 9.37. The van der Waals surface area contributed by atoms with Crippen molar-refractivity contribution in [3.8, 4) is 0 Å². The highest BCUT2D eigenvalue weighted by Crippen LogP contribution is 2.32. The van der Waals surface area contributed by atoms with Crippen LogP contribution in [0.15, 0.2) is 22.7 Å². The molecule has 0 fully saturated rings. The molecule has 0 bridgehead atoms. The van der Waals surface area contributed by atoms with Gasteiger partial charge in [0.25, 0.3) is 0 Å². The average molecular weight is 347 g/mol. The summed E-state index contributed by atoms with van der Waals surface area (Å²) < 4.78 is 18.4. The fourth-order valence-electron chi connectivity index (χ4n) is 1.92. The zero-order valence-electron chi connectivity index (χ0n) is 11.3. The number of hydrogen-bond donors (Lipinski definition) is 1. The molecule has 20 heavy (non-hydrogen) atoms. The van der Waals surface area contributed by atoms with E-state index in [4.69, 9.17) is 4.74 Å². The number of carboxylic acid groups (broad SMARTS) is 1. The fourth-order valence-corrected chi connectivity index (χ4v) is 2.41. The van der Waals surface area contributed by atoms with Crippen LogP contribution in [0.2, 0.25) is 0 Å². The van der Waals surface area contributed by atoms with Crippen molar-refractivity contribution in [1.29, 1.82) is 0 Å². The first-order valence-corrected chi connectivity index (χ1v) is 7.01. The summed E-state index contributed by atoms with van der Waals surface area (Å²) in [5.74, 6) is -2.45. The van der Waals surface area contributed by atoms with Gasteiger partial charge in [-0.3, -0.25) is 9.59 Å².